The second kappa shape index (κ2) is 9.80. The molecular weight excluding hydrogens is 464 g/mol. The molecule has 0 radical (unpaired) electrons. The summed E-state index contributed by atoms with van der Waals surface area (Å²) in [5.41, 5.74) is 9.97. The quantitative estimate of drug-likeness (QED) is 0.269. The van der Waals surface area contributed by atoms with Crippen LogP contribution >= 0.6 is 0 Å². The Balaban J connectivity index is 1.14. The van der Waals surface area contributed by atoms with E-state index in [9.17, 15) is 10.2 Å². The molecule has 5 N–H and O–H groups in total. The van der Waals surface area contributed by atoms with Crippen LogP contribution in [0.5, 0.6) is 0 Å². The minimum absolute atomic E-state index is 0.0286. The normalized spacial score (nSPS) is 21.6. The first-order valence-electron chi connectivity index (χ1n) is 12.7. The number of aromatic nitrogens is 4. The Morgan fingerprint density at radius 1 is 0.946 bits per heavy atom. The van der Waals surface area contributed by atoms with Crippen molar-refractivity contribution in [3.63, 3.8) is 0 Å². The second-order valence-corrected chi connectivity index (χ2v) is 9.86. The number of nitrogen functional groups attached to an aromatic ring is 1. The summed E-state index contributed by atoms with van der Waals surface area (Å²) in [7, 11) is 0. The summed E-state index contributed by atoms with van der Waals surface area (Å²) in [6.45, 7) is 0.720. The average Bonchev–Trinajstić information content (AvgIpc) is 3.48. The average molecular weight is 495 g/mol. The van der Waals surface area contributed by atoms with E-state index >= 15 is 0 Å². The van der Waals surface area contributed by atoms with Gasteiger partial charge in [0.1, 0.15) is 29.7 Å². The van der Waals surface area contributed by atoms with Crippen molar-refractivity contribution in [2.45, 2.75) is 44.1 Å². The Hall–Kier alpha value is -4.01. The van der Waals surface area contributed by atoms with Crippen molar-refractivity contribution in [2.24, 2.45) is 5.92 Å². The highest BCUT2D eigenvalue weighted by Gasteiger charge is 2.42. The van der Waals surface area contributed by atoms with Gasteiger partial charge in [-0.3, -0.25) is 0 Å². The van der Waals surface area contributed by atoms with E-state index in [1.54, 1.807) is 0 Å². The fourth-order valence-electron chi connectivity index (χ4n) is 5.48. The van der Waals surface area contributed by atoms with E-state index in [1.165, 1.54) is 11.9 Å². The highest BCUT2D eigenvalue weighted by atomic mass is 16.3. The van der Waals surface area contributed by atoms with Crippen LogP contribution in [0.25, 0.3) is 21.9 Å². The Bertz CT molecular complexity index is 1540. The molecule has 4 atom stereocenters. The summed E-state index contributed by atoms with van der Waals surface area (Å²) in [6.07, 6.45) is 3.86. The molecule has 0 spiro atoms. The lowest BCUT2D eigenvalue weighted by Gasteiger charge is -2.19. The van der Waals surface area contributed by atoms with Gasteiger partial charge < -0.3 is 25.8 Å². The maximum Gasteiger partial charge on any atom is 0.145 e. The van der Waals surface area contributed by atoms with Crippen LogP contribution in [0.3, 0.4) is 0 Å². The molecule has 1 aliphatic carbocycles. The number of fused-ring (bicyclic) bond motifs is 2. The molecule has 6 rings (SSSR count). The smallest absolute Gasteiger partial charge is 0.145 e. The molecule has 1 aliphatic rings. The van der Waals surface area contributed by atoms with Gasteiger partial charge in [0.25, 0.3) is 0 Å². The van der Waals surface area contributed by atoms with Crippen molar-refractivity contribution in [1.29, 1.82) is 0 Å². The first-order valence-corrected chi connectivity index (χ1v) is 12.7. The molecule has 0 unspecified atom stereocenters. The van der Waals surface area contributed by atoms with Crippen molar-refractivity contribution in [3.05, 3.63) is 90.4 Å². The zero-order valence-electron chi connectivity index (χ0n) is 20.4. The van der Waals surface area contributed by atoms with Gasteiger partial charge in [-0.25, -0.2) is 15.0 Å². The molecular formula is C29H30N6O2. The minimum Gasteiger partial charge on any atom is -0.390 e. The van der Waals surface area contributed by atoms with E-state index in [-0.39, 0.29) is 12.0 Å². The van der Waals surface area contributed by atoms with Gasteiger partial charge in [-0.05, 0) is 60.6 Å². The minimum atomic E-state index is -0.867. The second-order valence-electron chi connectivity index (χ2n) is 9.86. The number of rotatable bonds is 7. The number of hydrogen-bond acceptors (Lipinski definition) is 7. The number of aryl methyl sites for hydroxylation is 1. The lowest BCUT2D eigenvalue weighted by Crippen LogP contribution is -2.29. The number of nitrogens with zero attached hydrogens (tertiary/aromatic N) is 4. The van der Waals surface area contributed by atoms with Crippen molar-refractivity contribution in [1.82, 2.24) is 19.5 Å². The highest BCUT2D eigenvalue weighted by Crippen LogP contribution is 2.39. The lowest BCUT2D eigenvalue weighted by atomic mass is 9.95. The SMILES string of the molecule is Nc1ncnc2c1ccn2[C@@H]1C[C@H](CCc2ccc3ccc(NCc4ccccc4)nc3c2)[C@@H](O)[C@H]1O. The molecule has 0 amide bonds. The third-order valence-corrected chi connectivity index (χ3v) is 7.55. The number of hydrogen-bond donors (Lipinski definition) is 4. The molecule has 8 heteroatoms. The Morgan fingerprint density at radius 3 is 2.65 bits per heavy atom. The van der Waals surface area contributed by atoms with Gasteiger partial charge in [-0.15, -0.1) is 0 Å². The molecule has 1 saturated carbocycles. The summed E-state index contributed by atoms with van der Waals surface area (Å²) in [4.78, 5) is 13.2. The topological polar surface area (TPSA) is 122 Å². The molecule has 3 heterocycles. The van der Waals surface area contributed by atoms with E-state index in [1.807, 2.05) is 41.1 Å². The highest BCUT2D eigenvalue weighted by molar-refractivity contribution is 5.86. The summed E-state index contributed by atoms with van der Waals surface area (Å²) >= 11 is 0. The van der Waals surface area contributed by atoms with Gasteiger partial charge in [-0.1, -0.05) is 42.5 Å². The monoisotopic (exact) mass is 494 g/mol. The third kappa shape index (κ3) is 4.61. The number of pyridine rings is 1. The van der Waals surface area contributed by atoms with Crippen LogP contribution in [0.4, 0.5) is 11.6 Å². The van der Waals surface area contributed by atoms with Crippen molar-refractivity contribution in [3.8, 4) is 0 Å². The molecule has 0 bridgehead atoms. The molecule has 8 nitrogen and oxygen atoms in total. The molecule has 1 fully saturated rings. The number of nitrogens with one attached hydrogen (secondary N) is 1. The van der Waals surface area contributed by atoms with E-state index in [2.05, 4.69) is 51.7 Å². The van der Waals surface area contributed by atoms with Gasteiger partial charge in [0.15, 0.2) is 0 Å². The summed E-state index contributed by atoms with van der Waals surface area (Å²) < 4.78 is 1.92. The summed E-state index contributed by atoms with van der Waals surface area (Å²) in [5, 5.41) is 27.0. The number of anilines is 2. The van der Waals surface area contributed by atoms with Crippen LogP contribution in [-0.4, -0.2) is 41.9 Å². The van der Waals surface area contributed by atoms with Gasteiger partial charge in [0.2, 0.25) is 0 Å². The molecule has 5 aromatic rings. The number of aliphatic hydroxyl groups excluding tert-OH is 2. The maximum atomic E-state index is 10.9. The van der Waals surface area contributed by atoms with Crippen LogP contribution in [0.2, 0.25) is 0 Å². The predicted octanol–water partition coefficient (Wildman–Crippen LogP) is 4.09. The van der Waals surface area contributed by atoms with Crippen molar-refractivity contribution >= 4 is 33.6 Å². The van der Waals surface area contributed by atoms with Gasteiger partial charge in [0, 0.05) is 18.1 Å². The lowest BCUT2D eigenvalue weighted by molar-refractivity contribution is 0.00545. The molecule has 37 heavy (non-hydrogen) atoms. The van der Waals surface area contributed by atoms with Gasteiger partial charge in [0.05, 0.1) is 23.0 Å². The Kier molecular flexibility index (Phi) is 6.20. The van der Waals surface area contributed by atoms with Gasteiger partial charge in [-0.2, -0.15) is 0 Å². The first-order chi connectivity index (χ1) is 18.1. The third-order valence-electron chi connectivity index (χ3n) is 7.55. The largest absolute Gasteiger partial charge is 0.390 e. The van der Waals surface area contributed by atoms with E-state index in [0.29, 0.717) is 17.9 Å². The number of aliphatic hydroxyl groups is 2. The van der Waals surface area contributed by atoms with E-state index < -0.39 is 12.2 Å². The zero-order chi connectivity index (χ0) is 25.4. The number of benzene rings is 2. The van der Waals surface area contributed by atoms with Crippen LogP contribution in [0, 0.1) is 5.92 Å². The Morgan fingerprint density at radius 2 is 1.78 bits per heavy atom. The molecule has 0 saturated heterocycles. The molecule has 2 aromatic carbocycles. The van der Waals surface area contributed by atoms with Gasteiger partial charge >= 0.3 is 0 Å². The molecule has 3 aromatic heterocycles. The Labute approximate surface area is 214 Å². The maximum absolute atomic E-state index is 10.9. The summed E-state index contributed by atoms with van der Waals surface area (Å²) in [5.74, 6) is 1.23. The standard InChI is InChI=1S/C29H30N6O2/c30-28-22-12-13-35(29(22)33-17-32-28)24-15-21(26(36)27(24)37)9-7-18-6-8-20-10-11-25(34-23(20)14-18)31-16-19-4-2-1-3-5-19/h1-6,8,10-14,17,21,24,26-27,36-37H,7,9,15-16H2,(H,31,34)(H2,30,32,33)/t21-,24+,26+,27-/m0/s1. The van der Waals surface area contributed by atoms with Crippen LogP contribution in [0.15, 0.2) is 79.3 Å². The first kappa shape index (κ1) is 23.4. The zero-order valence-corrected chi connectivity index (χ0v) is 20.4. The number of nitrogens with two attached hydrogens (primary N) is 1. The molecule has 188 valence electrons. The summed E-state index contributed by atoms with van der Waals surface area (Å²) in [6, 6.07) is 22.3. The fourth-order valence-corrected chi connectivity index (χ4v) is 5.48. The molecule has 0 aliphatic heterocycles. The van der Waals surface area contributed by atoms with E-state index in [0.717, 1.165) is 47.1 Å². The van der Waals surface area contributed by atoms with E-state index in [4.69, 9.17) is 10.7 Å². The predicted molar refractivity (Wildman–Crippen MR) is 145 cm³/mol. The van der Waals surface area contributed by atoms with Crippen molar-refractivity contribution < 1.29 is 10.2 Å². The van der Waals surface area contributed by atoms with Crippen LogP contribution in [-0.2, 0) is 13.0 Å². The van der Waals surface area contributed by atoms with Crippen LogP contribution in [0.1, 0.15) is 30.0 Å². The van der Waals surface area contributed by atoms with Crippen molar-refractivity contribution in [2.75, 3.05) is 11.1 Å². The van der Waals surface area contributed by atoms with Crippen LogP contribution < -0.4 is 11.1 Å². The fraction of sp³-hybridized carbons (Fsp3) is 0.276.